The number of carbonyl (C=O) groups excluding carboxylic acids is 1. The van der Waals surface area contributed by atoms with Crippen molar-refractivity contribution in [1.29, 1.82) is 0 Å². The molecule has 124 valence electrons. The van der Waals surface area contributed by atoms with E-state index in [4.69, 9.17) is 4.74 Å². The second-order valence-electron chi connectivity index (χ2n) is 5.73. The number of methoxy groups -OCH3 is 1. The number of ether oxygens (including phenoxy) is 2. The minimum absolute atomic E-state index is 0.0176. The van der Waals surface area contributed by atoms with E-state index in [1.807, 2.05) is 0 Å². The van der Waals surface area contributed by atoms with E-state index in [0.29, 0.717) is 0 Å². The molecule has 0 bridgehead atoms. The lowest BCUT2D eigenvalue weighted by Crippen LogP contribution is -2.28. The summed E-state index contributed by atoms with van der Waals surface area (Å²) in [6, 6.07) is 2.20. The number of rotatable bonds is 2. The summed E-state index contributed by atoms with van der Waals surface area (Å²) in [4.78, 5) is 11.9. The summed E-state index contributed by atoms with van der Waals surface area (Å²) < 4.78 is 64.8. The Kier molecular flexibility index (Phi) is 3.71. The Labute approximate surface area is 129 Å². The molecule has 0 amide bonds. The molecule has 0 saturated carbocycles. The van der Waals surface area contributed by atoms with Crippen LogP contribution in [0.15, 0.2) is 23.8 Å². The van der Waals surface area contributed by atoms with Crippen molar-refractivity contribution in [2.24, 2.45) is 5.92 Å². The van der Waals surface area contributed by atoms with Gasteiger partial charge in [0.05, 0.1) is 19.1 Å². The first-order valence-corrected chi connectivity index (χ1v) is 7.02. The van der Waals surface area contributed by atoms with Gasteiger partial charge in [0.25, 0.3) is 5.92 Å². The molecule has 0 aromatic heterocycles. The molecule has 1 aliphatic carbocycles. The SMILES string of the molecule is COC(=O)C1=CC2C(OCC2(F)F)C1c1ccc(F)c(F)c1C. The van der Waals surface area contributed by atoms with E-state index < -0.39 is 48.1 Å². The third kappa shape index (κ3) is 2.34. The molecule has 23 heavy (non-hydrogen) atoms. The Balaban J connectivity index is 2.12. The van der Waals surface area contributed by atoms with Crippen molar-refractivity contribution >= 4 is 5.97 Å². The number of hydrogen-bond acceptors (Lipinski definition) is 3. The van der Waals surface area contributed by atoms with E-state index in [2.05, 4.69) is 4.74 Å². The van der Waals surface area contributed by atoms with E-state index in [1.54, 1.807) is 0 Å². The number of esters is 1. The van der Waals surface area contributed by atoms with E-state index in [-0.39, 0.29) is 16.7 Å². The van der Waals surface area contributed by atoms with Gasteiger partial charge in [0, 0.05) is 11.5 Å². The number of hydrogen-bond donors (Lipinski definition) is 0. The van der Waals surface area contributed by atoms with Crippen LogP contribution in [0.4, 0.5) is 17.6 Å². The Hall–Kier alpha value is -1.89. The van der Waals surface area contributed by atoms with Crippen LogP contribution in [0.2, 0.25) is 0 Å². The topological polar surface area (TPSA) is 35.5 Å². The average Bonchev–Trinajstić information content (AvgIpc) is 3.03. The largest absolute Gasteiger partial charge is 0.466 e. The Bertz CT molecular complexity index is 699. The number of carbonyl (C=O) groups is 1. The van der Waals surface area contributed by atoms with Crippen LogP contribution in [-0.4, -0.2) is 31.7 Å². The molecule has 1 aromatic carbocycles. The van der Waals surface area contributed by atoms with Gasteiger partial charge in [-0.25, -0.2) is 22.4 Å². The third-order valence-corrected chi connectivity index (χ3v) is 4.47. The molecule has 1 heterocycles. The van der Waals surface area contributed by atoms with E-state index >= 15 is 0 Å². The van der Waals surface area contributed by atoms with Crippen LogP contribution in [0.3, 0.4) is 0 Å². The van der Waals surface area contributed by atoms with E-state index in [1.165, 1.54) is 13.0 Å². The van der Waals surface area contributed by atoms with Gasteiger partial charge < -0.3 is 9.47 Å². The molecule has 3 rings (SSSR count). The fourth-order valence-electron chi connectivity index (χ4n) is 3.30. The van der Waals surface area contributed by atoms with Gasteiger partial charge in [-0.2, -0.15) is 0 Å². The molecule has 1 aliphatic heterocycles. The molecular weight excluding hydrogens is 316 g/mol. The monoisotopic (exact) mass is 330 g/mol. The lowest BCUT2D eigenvalue weighted by Gasteiger charge is -2.23. The van der Waals surface area contributed by atoms with Gasteiger partial charge in [-0.3, -0.25) is 0 Å². The first kappa shape index (κ1) is 16.0. The zero-order chi connectivity index (χ0) is 16.9. The fraction of sp³-hybridized carbons (Fsp3) is 0.438. The normalized spacial score (nSPS) is 28.4. The highest BCUT2D eigenvalue weighted by Gasteiger charge is 2.58. The molecule has 1 fully saturated rings. The second-order valence-corrected chi connectivity index (χ2v) is 5.73. The lowest BCUT2D eigenvalue weighted by molar-refractivity contribution is -0.136. The van der Waals surface area contributed by atoms with Crippen LogP contribution in [0, 0.1) is 24.5 Å². The smallest absolute Gasteiger partial charge is 0.334 e. The zero-order valence-corrected chi connectivity index (χ0v) is 12.4. The van der Waals surface area contributed by atoms with Crippen molar-refractivity contribution in [2.75, 3.05) is 13.7 Å². The first-order valence-electron chi connectivity index (χ1n) is 7.02. The van der Waals surface area contributed by atoms with Crippen LogP contribution in [0.1, 0.15) is 17.0 Å². The highest BCUT2D eigenvalue weighted by atomic mass is 19.3. The van der Waals surface area contributed by atoms with Crippen molar-refractivity contribution in [3.63, 3.8) is 0 Å². The van der Waals surface area contributed by atoms with E-state index in [0.717, 1.165) is 19.3 Å². The van der Waals surface area contributed by atoms with Gasteiger partial charge >= 0.3 is 5.97 Å². The number of fused-ring (bicyclic) bond motifs is 1. The fourth-order valence-corrected chi connectivity index (χ4v) is 3.30. The van der Waals surface area contributed by atoms with Crippen molar-refractivity contribution in [1.82, 2.24) is 0 Å². The number of benzene rings is 1. The van der Waals surface area contributed by atoms with Crippen molar-refractivity contribution < 1.29 is 31.8 Å². The third-order valence-electron chi connectivity index (χ3n) is 4.47. The van der Waals surface area contributed by atoms with Gasteiger partial charge in [-0.1, -0.05) is 12.1 Å². The summed E-state index contributed by atoms with van der Waals surface area (Å²) in [5.41, 5.74) is 0.186. The second kappa shape index (κ2) is 5.33. The van der Waals surface area contributed by atoms with E-state index in [9.17, 15) is 22.4 Å². The molecule has 0 radical (unpaired) electrons. The molecule has 3 unspecified atom stereocenters. The summed E-state index contributed by atoms with van der Waals surface area (Å²) in [5.74, 6) is -8.23. The molecule has 3 nitrogen and oxygen atoms in total. The molecule has 2 aliphatic rings. The van der Waals surface area contributed by atoms with Crippen molar-refractivity contribution in [3.05, 3.63) is 46.5 Å². The van der Waals surface area contributed by atoms with Crippen LogP contribution in [0.25, 0.3) is 0 Å². The van der Waals surface area contributed by atoms with Gasteiger partial charge in [0.1, 0.15) is 6.61 Å². The van der Waals surface area contributed by atoms with Crippen LogP contribution in [-0.2, 0) is 14.3 Å². The Morgan fingerprint density at radius 3 is 2.70 bits per heavy atom. The summed E-state index contributed by atoms with van der Waals surface area (Å²) in [5, 5.41) is 0. The van der Waals surface area contributed by atoms with Crippen LogP contribution >= 0.6 is 0 Å². The highest BCUT2D eigenvalue weighted by molar-refractivity contribution is 5.91. The average molecular weight is 330 g/mol. The summed E-state index contributed by atoms with van der Waals surface area (Å²) in [7, 11) is 1.13. The molecule has 0 spiro atoms. The molecule has 1 aromatic rings. The molecule has 7 heteroatoms. The van der Waals surface area contributed by atoms with Gasteiger partial charge in [0.15, 0.2) is 11.6 Å². The zero-order valence-electron chi connectivity index (χ0n) is 12.4. The summed E-state index contributed by atoms with van der Waals surface area (Å²) in [6.07, 6.45) is 0.122. The standard InChI is InChI=1S/C16H14F4O3/c1-7-8(3-4-11(17)13(7)18)12-9(15(21)22-2)5-10-14(12)23-6-16(10,19)20/h3-5,10,12,14H,6H2,1-2H3. The minimum Gasteiger partial charge on any atom is -0.466 e. The summed E-state index contributed by atoms with van der Waals surface area (Å²) >= 11 is 0. The lowest BCUT2D eigenvalue weighted by atomic mass is 9.85. The number of halogens is 4. The van der Waals surface area contributed by atoms with Crippen molar-refractivity contribution in [3.8, 4) is 0 Å². The maximum atomic E-state index is 13.9. The quantitative estimate of drug-likeness (QED) is 0.617. The number of alkyl halides is 2. The van der Waals surface area contributed by atoms with Gasteiger partial charge in [-0.15, -0.1) is 0 Å². The predicted molar refractivity (Wildman–Crippen MR) is 72.1 cm³/mol. The Morgan fingerprint density at radius 2 is 2.04 bits per heavy atom. The van der Waals surface area contributed by atoms with Gasteiger partial charge in [-0.05, 0) is 24.1 Å². The Morgan fingerprint density at radius 1 is 1.35 bits per heavy atom. The molecule has 0 N–H and O–H groups in total. The first-order chi connectivity index (χ1) is 10.8. The minimum atomic E-state index is -3.12. The summed E-state index contributed by atoms with van der Waals surface area (Å²) in [6.45, 7) is 0.565. The maximum absolute atomic E-state index is 13.9. The van der Waals surface area contributed by atoms with Gasteiger partial charge in [0.2, 0.25) is 0 Å². The van der Waals surface area contributed by atoms with Crippen molar-refractivity contribution in [2.45, 2.75) is 24.9 Å². The predicted octanol–water partition coefficient (Wildman–Crippen LogP) is 3.12. The van der Waals surface area contributed by atoms with Crippen LogP contribution in [0.5, 0.6) is 0 Å². The maximum Gasteiger partial charge on any atom is 0.334 e. The molecular formula is C16H14F4O3. The highest BCUT2D eigenvalue weighted by Crippen LogP contribution is 2.51. The van der Waals surface area contributed by atoms with Crippen LogP contribution < -0.4 is 0 Å². The molecule has 3 atom stereocenters. The molecule has 1 saturated heterocycles.